The molecule has 0 radical (unpaired) electrons. The van der Waals surface area contributed by atoms with Crippen LogP contribution in [0.1, 0.15) is 5.56 Å². The first-order valence-electron chi connectivity index (χ1n) is 8.73. The molecule has 0 aliphatic heterocycles. The molecule has 0 aliphatic rings. The monoisotopic (exact) mass is 387 g/mol. The Labute approximate surface area is 164 Å². The summed E-state index contributed by atoms with van der Waals surface area (Å²) in [6.07, 6.45) is 3.57. The fourth-order valence-electron chi connectivity index (χ4n) is 3.07. The van der Waals surface area contributed by atoms with Crippen molar-refractivity contribution in [1.29, 1.82) is 0 Å². The summed E-state index contributed by atoms with van der Waals surface area (Å²) in [6, 6.07) is 15.9. The van der Waals surface area contributed by atoms with Crippen LogP contribution in [-0.4, -0.2) is 15.0 Å². The summed E-state index contributed by atoms with van der Waals surface area (Å²) in [4.78, 5) is 13.5. The minimum atomic E-state index is -0.279. The third-order valence-corrected chi connectivity index (χ3v) is 5.43. The van der Waals surface area contributed by atoms with Crippen molar-refractivity contribution >= 4 is 32.5 Å². The molecule has 5 aromatic rings. The molecule has 0 atom stereocenters. The Balaban J connectivity index is 1.47. The quantitative estimate of drug-likeness (QED) is 0.401. The summed E-state index contributed by atoms with van der Waals surface area (Å²) in [6.45, 7) is 0.397. The largest absolute Gasteiger partial charge is 0.488 e. The van der Waals surface area contributed by atoms with Crippen molar-refractivity contribution in [1.82, 2.24) is 15.0 Å². The Bertz CT molecular complexity index is 1280. The Morgan fingerprint density at radius 3 is 2.75 bits per heavy atom. The van der Waals surface area contributed by atoms with Crippen LogP contribution in [-0.2, 0) is 6.61 Å². The van der Waals surface area contributed by atoms with Gasteiger partial charge in [-0.3, -0.25) is 4.98 Å². The van der Waals surface area contributed by atoms with Crippen molar-refractivity contribution in [2.75, 3.05) is 0 Å². The molecular formula is C22H14FN3OS. The predicted molar refractivity (Wildman–Crippen MR) is 109 cm³/mol. The highest BCUT2D eigenvalue weighted by Crippen LogP contribution is 2.29. The van der Waals surface area contributed by atoms with E-state index < -0.39 is 0 Å². The highest BCUT2D eigenvalue weighted by atomic mass is 32.1. The fourth-order valence-corrected chi connectivity index (χ4v) is 3.93. The zero-order valence-electron chi connectivity index (χ0n) is 14.7. The number of hydrogen-bond acceptors (Lipinski definition) is 5. The zero-order valence-corrected chi connectivity index (χ0v) is 15.5. The van der Waals surface area contributed by atoms with Gasteiger partial charge >= 0.3 is 0 Å². The molecule has 6 heteroatoms. The van der Waals surface area contributed by atoms with Crippen molar-refractivity contribution in [3.63, 3.8) is 0 Å². The third-order valence-electron chi connectivity index (χ3n) is 4.48. The van der Waals surface area contributed by atoms with Crippen molar-refractivity contribution in [2.45, 2.75) is 6.61 Å². The molecule has 136 valence electrons. The lowest BCUT2D eigenvalue weighted by atomic mass is 10.2. The number of fused-ring (bicyclic) bond motifs is 2. The molecule has 0 amide bonds. The molecule has 0 fully saturated rings. The van der Waals surface area contributed by atoms with E-state index in [1.165, 1.54) is 12.1 Å². The van der Waals surface area contributed by atoms with Gasteiger partial charge in [0.25, 0.3) is 0 Å². The van der Waals surface area contributed by atoms with E-state index in [0.29, 0.717) is 12.4 Å². The topological polar surface area (TPSA) is 47.9 Å². The molecule has 28 heavy (non-hydrogen) atoms. The summed E-state index contributed by atoms with van der Waals surface area (Å²) in [5.41, 5.74) is 3.53. The summed E-state index contributed by atoms with van der Waals surface area (Å²) in [5.74, 6) is 1.08. The second-order valence-electron chi connectivity index (χ2n) is 6.29. The Morgan fingerprint density at radius 1 is 0.964 bits per heavy atom. The van der Waals surface area contributed by atoms with E-state index in [-0.39, 0.29) is 5.82 Å². The lowest BCUT2D eigenvalue weighted by Gasteiger charge is -2.08. The minimum Gasteiger partial charge on any atom is -0.488 e. The molecule has 0 saturated heterocycles. The van der Waals surface area contributed by atoms with Crippen LogP contribution in [0.15, 0.2) is 72.4 Å². The van der Waals surface area contributed by atoms with E-state index in [2.05, 4.69) is 9.97 Å². The van der Waals surface area contributed by atoms with Gasteiger partial charge in [0.1, 0.15) is 18.2 Å². The first-order chi connectivity index (χ1) is 13.8. The lowest BCUT2D eigenvalue weighted by molar-refractivity contribution is 0.311. The Kier molecular flexibility index (Phi) is 4.18. The highest BCUT2D eigenvalue weighted by Gasteiger charge is 2.11. The molecule has 0 N–H and O–H groups in total. The first kappa shape index (κ1) is 16.8. The maximum atomic E-state index is 13.2. The SMILES string of the molecule is Fc1ccc(-c2ncc3scc(COc4cccc5ncccc45)c3n2)cc1. The van der Waals surface area contributed by atoms with Gasteiger partial charge in [-0.25, -0.2) is 14.4 Å². The highest BCUT2D eigenvalue weighted by molar-refractivity contribution is 7.17. The summed E-state index contributed by atoms with van der Waals surface area (Å²) in [7, 11) is 0. The molecule has 0 saturated carbocycles. The molecule has 4 nitrogen and oxygen atoms in total. The van der Waals surface area contributed by atoms with Gasteiger partial charge < -0.3 is 4.74 Å². The number of aromatic nitrogens is 3. The summed E-state index contributed by atoms with van der Waals surface area (Å²) >= 11 is 1.58. The van der Waals surface area contributed by atoms with E-state index in [4.69, 9.17) is 9.72 Å². The second-order valence-corrected chi connectivity index (χ2v) is 7.20. The van der Waals surface area contributed by atoms with Gasteiger partial charge in [-0.05, 0) is 48.5 Å². The number of rotatable bonds is 4. The normalized spacial score (nSPS) is 11.2. The predicted octanol–water partition coefficient (Wildman–Crippen LogP) is 5.62. The number of hydrogen-bond donors (Lipinski definition) is 0. The van der Waals surface area contributed by atoms with Crippen molar-refractivity contribution < 1.29 is 9.13 Å². The van der Waals surface area contributed by atoms with Crippen LogP contribution in [0.4, 0.5) is 4.39 Å². The Morgan fingerprint density at radius 2 is 1.86 bits per heavy atom. The third kappa shape index (κ3) is 3.08. The van der Waals surface area contributed by atoms with Crippen LogP contribution in [0.2, 0.25) is 0 Å². The van der Waals surface area contributed by atoms with Gasteiger partial charge in [-0.1, -0.05) is 6.07 Å². The first-order valence-corrected chi connectivity index (χ1v) is 9.61. The van der Waals surface area contributed by atoms with Gasteiger partial charge in [0.05, 0.1) is 15.7 Å². The second kappa shape index (κ2) is 6.98. The molecule has 3 heterocycles. The molecule has 5 rings (SSSR count). The minimum absolute atomic E-state index is 0.279. The van der Waals surface area contributed by atoms with Crippen LogP contribution < -0.4 is 4.74 Å². The molecule has 0 unspecified atom stereocenters. The molecule has 0 aliphatic carbocycles. The average Bonchev–Trinajstić information content (AvgIpc) is 3.15. The number of pyridine rings is 1. The van der Waals surface area contributed by atoms with Crippen molar-refractivity contribution in [3.05, 3.63) is 83.8 Å². The van der Waals surface area contributed by atoms with Gasteiger partial charge in [0.15, 0.2) is 5.82 Å². The molecule has 0 spiro atoms. The van der Waals surface area contributed by atoms with Gasteiger partial charge in [-0.2, -0.15) is 0 Å². The molecule has 3 aromatic heterocycles. The van der Waals surface area contributed by atoms with Crippen molar-refractivity contribution in [3.8, 4) is 17.1 Å². The van der Waals surface area contributed by atoms with Crippen LogP contribution >= 0.6 is 11.3 Å². The number of benzene rings is 2. The van der Waals surface area contributed by atoms with Gasteiger partial charge in [0.2, 0.25) is 0 Å². The van der Waals surface area contributed by atoms with E-state index in [1.54, 1.807) is 35.9 Å². The van der Waals surface area contributed by atoms with Gasteiger partial charge in [-0.15, -0.1) is 11.3 Å². The number of ether oxygens (including phenoxy) is 1. The Hall–Kier alpha value is -3.38. The molecule has 2 aromatic carbocycles. The lowest BCUT2D eigenvalue weighted by Crippen LogP contribution is -1.97. The van der Waals surface area contributed by atoms with Crippen LogP contribution in [0.5, 0.6) is 5.75 Å². The van der Waals surface area contributed by atoms with Crippen LogP contribution in [0.25, 0.3) is 32.5 Å². The van der Waals surface area contributed by atoms with Gasteiger partial charge in [0, 0.05) is 34.3 Å². The van der Waals surface area contributed by atoms with Crippen LogP contribution in [0, 0.1) is 5.82 Å². The van der Waals surface area contributed by atoms with E-state index in [9.17, 15) is 4.39 Å². The smallest absolute Gasteiger partial charge is 0.159 e. The van der Waals surface area contributed by atoms with E-state index >= 15 is 0 Å². The number of nitrogens with zero attached hydrogens (tertiary/aromatic N) is 3. The number of thiophene rings is 1. The average molecular weight is 387 g/mol. The fraction of sp³-hybridized carbons (Fsp3) is 0.0455. The maximum absolute atomic E-state index is 13.2. The van der Waals surface area contributed by atoms with E-state index in [0.717, 1.165) is 38.0 Å². The maximum Gasteiger partial charge on any atom is 0.159 e. The van der Waals surface area contributed by atoms with E-state index in [1.807, 2.05) is 35.7 Å². The van der Waals surface area contributed by atoms with Crippen molar-refractivity contribution in [2.24, 2.45) is 0 Å². The zero-order chi connectivity index (χ0) is 18.9. The van der Waals surface area contributed by atoms with Crippen LogP contribution in [0.3, 0.4) is 0 Å². The standard InChI is InChI=1S/C22H14FN3OS/c23-16-8-6-14(7-9-16)22-25-11-20-21(26-22)15(13-28-20)12-27-19-5-1-4-18-17(19)3-2-10-24-18/h1-11,13H,12H2. The molecule has 0 bridgehead atoms. The number of halogens is 1. The summed E-state index contributed by atoms with van der Waals surface area (Å²) in [5, 5.41) is 3.02. The molecular weight excluding hydrogens is 373 g/mol. The summed E-state index contributed by atoms with van der Waals surface area (Å²) < 4.78 is 20.3.